The molecule has 0 radical (unpaired) electrons. The van der Waals surface area contributed by atoms with Crippen molar-refractivity contribution in [1.82, 2.24) is 0 Å². The number of hydrogen-bond acceptors (Lipinski definition) is 6. The maximum atomic E-state index is 12.8. The first kappa shape index (κ1) is 28.1. The van der Waals surface area contributed by atoms with Gasteiger partial charge in [0.25, 0.3) is 0 Å². The topological polar surface area (TPSA) is 65.0 Å². The van der Waals surface area contributed by atoms with Crippen molar-refractivity contribution >= 4 is 40.8 Å². The number of halogens is 1. The van der Waals surface area contributed by atoms with Crippen LogP contribution in [0.1, 0.15) is 46.8 Å². The summed E-state index contributed by atoms with van der Waals surface area (Å²) in [6, 6.07) is 29.8. The molecule has 0 amide bonds. The summed E-state index contributed by atoms with van der Waals surface area (Å²) >= 11 is 7.69. The minimum absolute atomic E-state index is 0.0184. The first-order valence-corrected chi connectivity index (χ1v) is 13.9. The Labute approximate surface area is 237 Å². The fraction of sp³-hybridized carbons (Fsp3) is 0.156. The van der Waals surface area contributed by atoms with E-state index in [0.717, 1.165) is 28.2 Å². The monoisotopic (exact) mass is 557 g/mol. The molecule has 0 bridgehead atoms. The van der Waals surface area contributed by atoms with Crippen molar-refractivity contribution in [1.29, 1.82) is 0 Å². The van der Waals surface area contributed by atoms with E-state index in [2.05, 4.69) is 5.16 Å². The van der Waals surface area contributed by atoms with E-state index >= 15 is 0 Å². The summed E-state index contributed by atoms with van der Waals surface area (Å²) in [6.45, 7) is 3.26. The predicted molar refractivity (Wildman–Crippen MR) is 157 cm³/mol. The lowest BCUT2D eigenvalue weighted by molar-refractivity contribution is -0.140. The number of thioether (sulfide) groups is 1. The van der Waals surface area contributed by atoms with Gasteiger partial charge in [-0.3, -0.25) is 4.79 Å². The van der Waals surface area contributed by atoms with Crippen molar-refractivity contribution in [3.8, 4) is 11.5 Å². The molecule has 0 N–H and O–H groups in total. The third-order valence-electron chi connectivity index (χ3n) is 5.85. The van der Waals surface area contributed by atoms with Crippen molar-refractivity contribution in [3.05, 3.63) is 124 Å². The van der Waals surface area contributed by atoms with E-state index in [1.54, 1.807) is 36.0 Å². The summed E-state index contributed by atoms with van der Waals surface area (Å²) in [4.78, 5) is 30.3. The molecule has 0 aliphatic carbocycles. The van der Waals surface area contributed by atoms with Crippen LogP contribution in [0, 0.1) is 6.92 Å². The molecule has 4 aromatic carbocycles. The predicted octanol–water partition coefficient (Wildman–Crippen LogP) is 8.51. The highest BCUT2D eigenvalue weighted by Gasteiger charge is 2.12. The first-order valence-electron chi connectivity index (χ1n) is 12.5. The summed E-state index contributed by atoms with van der Waals surface area (Å²) in [7, 11) is 0. The Morgan fingerprint density at radius 3 is 2.05 bits per heavy atom. The van der Waals surface area contributed by atoms with Crippen LogP contribution < -0.4 is 4.74 Å². The summed E-state index contributed by atoms with van der Waals surface area (Å²) in [5.74, 6) is 1.66. The Balaban J connectivity index is 1.37. The second-order valence-corrected chi connectivity index (χ2v) is 10.4. The lowest BCUT2D eigenvalue weighted by atomic mass is 9.99. The maximum Gasteiger partial charge on any atom is 0.331 e. The normalized spacial score (nSPS) is 11.2. The number of ketones is 1. The van der Waals surface area contributed by atoms with Crippen molar-refractivity contribution in [2.24, 2.45) is 5.16 Å². The Hall–Kier alpha value is -3.87. The summed E-state index contributed by atoms with van der Waals surface area (Å²) < 4.78 is 5.98. The summed E-state index contributed by atoms with van der Waals surface area (Å²) in [5.41, 5.74) is 3.77. The van der Waals surface area contributed by atoms with Crippen LogP contribution in [0.4, 0.5) is 0 Å². The second kappa shape index (κ2) is 13.8. The van der Waals surface area contributed by atoms with Crippen LogP contribution in [0.25, 0.3) is 0 Å². The molecular formula is C32H28ClNO4S. The van der Waals surface area contributed by atoms with Crippen molar-refractivity contribution in [2.75, 3.05) is 5.75 Å². The van der Waals surface area contributed by atoms with E-state index in [-0.39, 0.29) is 5.78 Å². The van der Waals surface area contributed by atoms with Gasteiger partial charge in [0.2, 0.25) is 0 Å². The van der Waals surface area contributed by atoms with Crippen molar-refractivity contribution < 1.29 is 19.2 Å². The molecule has 0 aliphatic heterocycles. The lowest BCUT2D eigenvalue weighted by Gasteiger charge is -2.10. The Morgan fingerprint density at radius 2 is 1.44 bits per heavy atom. The number of carbonyl (C=O) groups excluding carboxylic acids is 2. The van der Waals surface area contributed by atoms with Crippen LogP contribution in [0.15, 0.2) is 107 Å². The van der Waals surface area contributed by atoms with Gasteiger partial charge in [0, 0.05) is 28.0 Å². The van der Waals surface area contributed by atoms with E-state index in [0.29, 0.717) is 39.8 Å². The van der Waals surface area contributed by atoms with Crippen LogP contribution in [0.2, 0.25) is 5.02 Å². The molecule has 0 atom stereocenters. The molecule has 0 aliphatic rings. The summed E-state index contributed by atoms with van der Waals surface area (Å²) in [5, 5.41) is 4.80. The third kappa shape index (κ3) is 8.31. The van der Waals surface area contributed by atoms with Gasteiger partial charge in [0.1, 0.15) is 11.5 Å². The molecule has 198 valence electrons. The number of ether oxygens (including phenoxy) is 1. The largest absolute Gasteiger partial charge is 0.457 e. The van der Waals surface area contributed by atoms with Gasteiger partial charge in [-0.2, -0.15) is 0 Å². The van der Waals surface area contributed by atoms with Gasteiger partial charge in [-0.25, -0.2) is 4.79 Å². The molecule has 4 rings (SSSR count). The second-order valence-electron chi connectivity index (χ2n) is 8.82. The number of benzene rings is 4. The number of oxime groups is 1. The molecule has 4 aromatic rings. The zero-order chi connectivity index (χ0) is 27.6. The van der Waals surface area contributed by atoms with Crippen molar-refractivity contribution in [2.45, 2.75) is 31.6 Å². The number of nitrogens with zero attached hydrogens (tertiary/aromatic N) is 1. The van der Waals surface area contributed by atoms with Crippen LogP contribution in [-0.4, -0.2) is 23.2 Å². The number of carbonyl (C=O) groups is 2. The van der Waals surface area contributed by atoms with E-state index in [9.17, 15) is 9.59 Å². The van der Waals surface area contributed by atoms with Crippen LogP contribution in [-0.2, 0) is 9.63 Å². The van der Waals surface area contributed by atoms with E-state index in [1.165, 1.54) is 6.92 Å². The fourth-order valence-electron chi connectivity index (χ4n) is 3.83. The molecule has 7 heteroatoms. The highest BCUT2D eigenvalue weighted by Crippen LogP contribution is 2.25. The van der Waals surface area contributed by atoms with Gasteiger partial charge in [-0.15, -0.1) is 11.8 Å². The van der Waals surface area contributed by atoms with Crippen LogP contribution in [0.3, 0.4) is 0 Å². The Bertz CT molecular complexity index is 1450. The van der Waals surface area contributed by atoms with Crippen LogP contribution in [0.5, 0.6) is 11.5 Å². The fourth-order valence-corrected chi connectivity index (χ4v) is 4.81. The molecule has 39 heavy (non-hydrogen) atoms. The van der Waals surface area contributed by atoms with Gasteiger partial charge < -0.3 is 9.57 Å². The standard InChI is InChI=1S/C32H28ClNO4S/c1-22-6-3-4-7-30(22)32(36)25-11-17-28(18-12-25)37-27-15-9-24(10-16-27)31(34-38-23(2)35)8-5-21-39-29-19-13-26(33)14-20-29/h3-4,6-7,9-20H,5,8,21H2,1-2H3/b34-31+. The van der Waals surface area contributed by atoms with E-state index < -0.39 is 5.97 Å². The SMILES string of the molecule is CC(=O)O/N=C(\CCCSc1ccc(Cl)cc1)c1ccc(Oc2ccc(C(=O)c3ccccc3C)cc2)cc1. The molecule has 0 fully saturated rings. The average molecular weight is 558 g/mol. The maximum absolute atomic E-state index is 12.8. The van der Waals surface area contributed by atoms with Gasteiger partial charge in [-0.1, -0.05) is 41.0 Å². The highest BCUT2D eigenvalue weighted by molar-refractivity contribution is 7.99. The minimum atomic E-state index is -0.465. The zero-order valence-corrected chi connectivity index (χ0v) is 23.3. The number of rotatable bonds is 11. The molecule has 5 nitrogen and oxygen atoms in total. The van der Waals surface area contributed by atoms with Crippen LogP contribution >= 0.6 is 23.4 Å². The highest BCUT2D eigenvalue weighted by atomic mass is 35.5. The molecule has 0 unspecified atom stereocenters. The van der Waals surface area contributed by atoms with Gasteiger partial charge in [0.15, 0.2) is 5.78 Å². The lowest BCUT2D eigenvalue weighted by Crippen LogP contribution is -2.05. The Morgan fingerprint density at radius 1 is 0.821 bits per heavy atom. The van der Waals surface area contributed by atoms with Gasteiger partial charge in [-0.05, 0) is 109 Å². The van der Waals surface area contributed by atoms with E-state index in [4.69, 9.17) is 21.2 Å². The van der Waals surface area contributed by atoms with E-state index in [1.807, 2.05) is 79.7 Å². The smallest absolute Gasteiger partial charge is 0.331 e. The Kier molecular flexibility index (Phi) is 9.95. The van der Waals surface area contributed by atoms with Crippen molar-refractivity contribution in [3.63, 3.8) is 0 Å². The van der Waals surface area contributed by atoms with Gasteiger partial charge in [0.05, 0.1) is 5.71 Å². The third-order valence-corrected chi connectivity index (χ3v) is 7.20. The molecule has 0 aromatic heterocycles. The average Bonchev–Trinajstić information content (AvgIpc) is 2.94. The molecule has 0 saturated heterocycles. The molecular weight excluding hydrogens is 530 g/mol. The quantitative estimate of drug-likeness (QED) is 0.0462. The zero-order valence-electron chi connectivity index (χ0n) is 21.7. The molecule has 0 spiro atoms. The molecule has 0 saturated carbocycles. The summed E-state index contributed by atoms with van der Waals surface area (Å²) in [6.07, 6.45) is 1.49. The minimum Gasteiger partial charge on any atom is -0.457 e. The molecule has 0 heterocycles. The number of hydrogen-bond donors (Lipinski definition) is 0. The first-order chi connectivity index (χ1) is 18.9. The number of aryl methyl sites for hydroxylation is 1. The van der Waals surface area contributed by atoms with Gasteiger partial charge >= 0.3 is 5.97 Å².